The Morgan fingerprint density at radius 2 is 2.04 bits per heavy atom. The molecule has 0 fully saturated rings. The quantitative estimate of drug-likeness (QED) is 0.495. The Balaban J connectivity index is 1.45. The normalized spacial score (nSPS) is 14.8. The van der Waals surface area contributed by atoms with Crippen molar-refractivity contribution in [2.45, 2.75) is 26.4 Å². The molecule has 130 valence electrons. The lowest BCUT2D eigenvalue weighted by Crippen LogP contribution is -2.30. The van der Waals surface area contributed by atoms with Gasteiger partial charge in [0.15, 0.2) is 0 Å². The summed E-state index contributed by atoms with van der Waals surface area (Å²) >= 11 is 6.48. The Morgan fingerprint density at radius 3 is 2.96 bits per heavy atom. The minimum Gasteiger partial charge on any atom is -0.357 e. The van der Waals surface area contributed by atoms with E-state index in [0.29, 0.717) is 5.15 Å². The van der Waals surface area contributed by atoms with Crippen LogP contribution in [-0.4, -0.2) is 21.4 Å². The van der Waals surface area contributed by atoms with Crippen LogP contribution >= 0.6 is 11.6 Å². The summed E-state index contributed by atoms with van der Waals surface area (Å²) in [6, 6.07) is 17.1. The fraction of sp³-hybridized carbons (Fsp3) is 0.227. The number of para-hydroxylation sites is 1. The number of hydrogen-bond acceptors (Lipinski definition) is 2. The maximum Gasteiger partial charge on any atom is 0.134 e. The molecule has 0 aliphatic carbocycles. The van der Waals surface area contributed by atoms with Gasteiger partial charge in [0.05, 0.1) is 5.52 Å². The highest BCUT2D eigenvalue weighted by atomic mass is 35.5. The van der Waals surface area contributed by atoms with Crippen molar-refractivity contribution in [3.8, 4) is 0 Å². The molecule has 0 amide bonds. The summed E-state index contributed by atoms with van der Waals surface area (Å²) in [5.41, 5.74) is 7.34. The fourth-order valence-corrected chi connectivity index (χ4v) is 4.26. The van der Waals surface area contributed by atoms with Crippen molar-refractivity contribution in [1.82, 2.24) is 14.9 Å². The van der Waals surface area contributed by atoms with Crippen molar-refractivity contribution >= 4 is 33.4 Å². The molecule has 0 atom stereocenters. The van der Waals surface area contributed by atoms with Gasteiger partial charge in [-0.1, -0.05) is 41.4 Å². The Bertz CT molecular complexity index is 1130. The zero-order chi connectivity index (χ0) is 17.7. The van der Waals surface area contributed by atoms with Crippen LogP contribution < -0.4 is 0 Å². The van der Waals surface area contributed by atoms with Gasteiger partial charge in [0, 0.05) is 47.2 Å². The third-order valence-corrected chi connectivity index (χ3v) is 5.68. The molecule has 4 aromatic rings. The lowest BCUT2D eigenvalue weighted by Gasteiger charge is -2.27. The van der Waals surface area contributed by atoms with Crippen LogP contribution in [0.4, 0.5) is 0 Å². The second kappa shape index (κ2) is 6.11. The van der Waals surface area contributed by atoms with Crippen LogP contribution in [0, 0.1) is 6.92 Å². The Hall–Kier alpha value is -2.36. The summed E-state index contributed by atoms with van der Waals surface area (Å²) in [4.78, 5) is 10.6. The van der Waals surface area contributed by atoms with Crippen LogP contribution in [-0.2, 0) is 19.5 Å². The van der Waals surface area contributed by atoms with E-state index in [1.54, 1.807) is 0 Å². The standard InChI is InChI=1S/C22H20ClN3/c1-14-6-7-19-15(10-14)11-16(22(23)25-19)12-26-9-8-18-17-4-2-3-5-20(17)24-21(18)13-26/h2-7,10-11,24H,8-9,12-13H2,1H3. The Morgan fingerprint density at radius 1 is 1.15 bits per heavy atom. The molecule has 3 heterocycles. The average Bonchev–Trinajstić information content (AvgIpc) is 3.00. The summed E-state index contributed by atoms with van der Waals surface area (Å²) in [6.07, 6.45) is 1.07. The van der Waals surface area contributed by atoms with E-state index in [-0.39, 0.29) is 0 Å². The lowest BCUT2D eigenvalue weighted by atomic mass is 10.0. The number of fused-ring (bicyclic) bond motifs is 4. The summed E-state index contributed by atoms with van der Waals surface area (Å²) in [5.74, 6) is 0. The molecule has 2 aromatic carbocycles. The molecule has 1 aliphatic rings. The van der Waals surface area contributed by atoms with Crippen LogP contribution in [0.1, 0.15) is 22.4 Å². The first-order valence-electron chi connectivity index (χ1n) is 9.04. The van der Waals surface area contributed by atoms with Crippen molar-refractivity contribution in [2.75, 3.05) is 6.54 Å². The van der Waals surface area contributed by atoms with E-state index >= 15 is 0 Å². The maximum absolute atomic E-state index is 6.48. The molecule has 0 saturated carbocycles. The topological polar surface area (TPSA) is 31.9 Å². The first-order valence-corrected chi connectivity index (χ1v) is 9.42. The number of halogens is 1. The van der Waals surface area contributed by atoms with Crippen LogP contribution in [0.25, 0.3) is 21.8 Å². The molecule has 26 heavy (non-hydrogen) atoms. The molecular weight excluding hydrogens is 342 g/mol. The van der Waals surface area contributed by atoms with Gasteiger partial charge in [-0.05, 0) is 43.2 Å². The Labute approximate surface area is 157 Å². The number of aromatic amines is 1. The van der Waals surface area contributed by atoms with Crippen LogP contribution in [0.15, 0.2) is 48.5 Å². The average molecular weight is 362 g/mol. The predicted octanol–water partition coefficient (Wildman–Crippen LogP) is 5.24. The number of H-pyrrole nitrogens is 1. The predicted molar refractivity (Wildman–Crippen MR) is 108 cm³/mol. The van der Waals surface area contributed by atoms with E-state index in [1.165, 1.54) is 27.7 Å². The third kappa shape index (κ3) is 2.68. The second-order valence-electron chi connectivity index (χ2n) is 7.22. The van der Waals surface area contributed by atoms with Crippen molar-refractivity contribution in [1.29, 1.82) is 0 Å². The van der Waals surface area contributed by atoms with Gasteiger partial charge in [0.25, 0.3) is 0 Å². The van der Waals surface area contributed by atoms with Crippen molar-refractivity contribution in [2.24, 2.45) is 0 Å². The fourth-order valence-electron chi connectivity index (χ4n) is 4.05. The van der Waals surface area contributed by atoms with Gasteiger partial charge in [0.1, 0.15) is 5.15 Å². The van der Waals surface area contributed by atoms with Crippen LogP contribution in [0.5, 0.6) is 0 Å². The highest BCUT2D eigenvalue weighted by molar-refractivity contribution is 6.30. The summed E-state index contributed by atoms with van der Waals surface area (Å²) < 4.78 is 0. The van der Waals surface area contributed by atoms with E-state index < -0.39 is 0 Å². The number of nitrogens with zero attached hydrogens (tertiary/aromatic N) is 2. The molecule has 3 nitrogen and oxygen atoms in total. The molecule has 0 saturated heterocycles. The van der Waals surface area contributed by atoms with Gasteiger partial charge in [-0.25, -0.2) is 4.98 Å². The first-order chi connectivity index (χ1) is 12.7. The van der Waals surface area contributed by atoms with Gasteiger partial charge >= 0.3 is 0 Å². The molecule has 0 bridgehead atoms. The first kappa shape index (κ1) is 15.9. The monoisotopic (exact) mass is 361 g/mol. The molecular formula is C22H20ClN3. The number of nitrogens with one attached hydrogen (secondary N) is 1. The minimum atomic E-state index is 0.615. The maximum atomic E-state index is 6.48. The SMILES string of the molecule is Cc1ccc2nc(Cl)c(CN3CCc4c([nH]c5ccccc45)C3)cc2c1. The smallest absolute Gasteiger partial charge is 0.134 e. The molecule has 1 N–H and O–H groups in total. The summed E-state index contributed by atoms with van der Waals surface area (Å²) in [7, 11) is 0. The number of rotatable bonds is 2. The molecule has 5 rings (SSSR count). The van der Waals surface area contributed by atoms with Crippen LogP contribution in [0.3, 0.4) is 0 Å². The largest absolute Gasteiger partial charge is 0.357 e. The summed E-state index contributed by atoms with van der Waals surface area (Å²) in [5, 5.41) is 3.14. The highest BCUT2D eigenvalue weighted by Gasteiger charge is 2.21. The molecule has 0 spiro atoms. The van der Waals surface area contributed by atoms with Gasteiger partial charge in [-0.3, -0.25) is 4.90 Å². The molecule has 1 aliphatic heterocycles. The highest BCUT2D eigenvalue weighted by Crippen LogP contribution is 2.29. The van der Waals surface area contributed by atoms with Crippen molar-refractivity contribution in [3.63, 3.8) is 0 Å². The minimum absolute atomic E-state index is 0.615. The molecule has 0 unspecified atom stereocenters. The number of aromatic nitrogens is 2. The van der Waals surface area contributed by atoms with Crippen molar-refractivity contribution < 1.29 is 0 Å². The van der Waals surface area contributed by atoms with Gasteiger partial charge < -0.3 is 4.98 Å². The molecule has 4 heteroatoms. The third-order valence-electron chi connectivity index (χ3n) is 5.35. The van der Waals surface area contributed by atoms with E-state index in [4.69, 9.17) is 11.6 Å². The summed E-state index contributed by atoms with van der Waals surface area (Å²) in [6.45, 7) is 4.89. The molecule has 0 radical (unpaired) electrons. The van der Waals surface area contributed by atoms with Crippen LogP contribution in [0.2, 0.25) is 5.15 Å². The number of hydrogen-bond donors (Lipinski definition) is 1. The molecule has 2 aromatic heterocycles. The van der Waals surface area contributed by atoms with Gasteiger partial charge in [-0.2, -0.15) is 0 Å². The number of benzene rings is 2. The van der Waals surface area contributed by atoms with E-state index in [0.717, 1.165) is 42.5 Å². The second-order valence-corrected chi connectivity index (χ2v) is 7.58. The number of pyridine rings is 1. The lowest BCUT2D eigenvalue weighted by molar-refractivity contribution is 0.243. The van der Waals surface area contributed by atoms with E-state index in [1.807, 2.05) is 6.07 Å². The van der Waals surface area contributed by atoms with Crippen molar-refractivity contribution in [3.05, 3.63) is 76.1 Å². The van der Waals surface area contributed by atoms with Gasteiger partial charge in [0.2, 0.25) is 0 Å². The zero-order valence-electron chi connectivity index (χ0n) is 14.7. The van der Waals surface area contributed by atoms with E-state index in [2.05, 4.69) is 64.3 Å². The number of aryl methyl sites for hydroxylation is 1. The van der Waals surface area contributed by atoms with Gasteiger partial charge in [-0.15, -0.1) is 0 Å². The zero-order valence-corrected chi connectivity index (χ0v) is 15.5. The van der Waals surface area contributed by atoms with E-state index in [9.17, 15) is 0 Å². The Kier molecular flexibility index (Phi) is 3.73.